The first kappa shape index (κ1) is 15.7. The van der Waals surface area contributed by atoms with Crippen LogP contribution in [0.4, 0.5) is 0 Å². The molecule has 1 heterocycles. The average Bonchev–Trinajstić information content (AvgIpc) is 2.89. The van der Waals surface area contributed by atoms with Crippen molar-refractivity contribution in [3.05, 3.63) is 95.1 Å². The van der Waals surface area contributed by atoms with E-state index in [0.717, 1.165) is 6.54 Å². The molecule has 1 aromatic heterocycles. The molecule has 0 amide bonds. The predicted molar refractivity (Wildman–Crippen MR) is 107 cm³/mol. The number of hydrogen-bond donors (Lipinski definition) is 0. The normalized spacial score (nSPS) is 11.2. The van der Waals surface area contributed by atoms with E-state index in [4.69, 9.17) is 0 Å². The number of para-hydroxylation sites is 1. The summed E-state index contributed by atoms with van der Waals surface area (Å²) in [4.78, 5) is 0. The van der Waals surface area contributed by atoms with Crippen molar-refractivity contribution in [3.8, 4) is 11.3 Å². The molecule has 4 aromatic rings. The van der Waals surface area contributed by atoms with Gasteiger partial charge in [-0.2, -0.15) is 0 Å². The van der Waals surface area contributed by atoms with Gasteiger partial charge in [-0.15, -0.1) is 0 Å². The highest BCUT2D eigenvalue weighted by Crippen LogP contribution is 2.35. The van der Waals surface area contributed by atoms with E-state index in [0.29, 0.717) is 0 Å². The summed E-state index contributed by atoms with van der Waals surface area (Å²) in [5.41, 5.74) is 9.30. The molecule has 0 saturated heterocycles. The SMILES string of the molecule is Cc1ccc(-c2c(C)c3ccccc3n2Cc2ccccc2)c(C)c1. The summed E-state index contributed by atoms with van der Waals surface area (Å²) >= 11 is 0. The van der Waals surface area contributed by atoms with E-state index in [1.165, 1.54) is 44.4 Å². The number of fused-ring (bicyclic) bond motifs is 1. The third-order valence-electron chi connectivity index (χ3n) is 5.04. The molecule has 0 atom stereocenters. The van der Waals surface area contributed by atoms with Gasteiger partial charge in [0.25, 0.3) is 0 Å². The zero-order valence-corrected chi connectivity index (χ0v) is 15.1. The van der Waals surface area contributed by atoms with Gasteiger partial charge in [0.1, 0.15) is 0 Å². The predicted octanol–water partition coefficient (Wildman–Crippen LogP) is 6.28. The monoisotopic (exact) mass is 325 g/mol. The molecule has 0 fully saturated rings. The first-order valence-corrected chi connectivity index (χ1v) is 8.84. The van der Waals surface area contributed by atoms with Crippen LogP contribution in [0.15, 0.2) is 72.8 Å². The number of aryl methyl sites for hydroxylation is 3. The lowest BCUT2D eigenvalue weighted by Gasteiger charge is -2.14. The summed E-state index contributed by atoms with van der Waals surface area (Å²) in [7, 11) is 0. The van der Waals surface area contributed by atoms with E-state index in [1.54, 1.807) is 0 Å². The van der Waals surface area contributed by atoms with Crippen LogP contribution in [0, 0.1) is 20.8 Å². The molecule has 124 valence electrons. The second-order valence-electron chi connectivity index (χ2n) is 6.88. The number of hydrogen-bond acceptors (Lipinski definition) is 0. The molecular formula is C24H23N. The molecule has 1 nitrogen and oxygen atoms in total. The lowest BCUT2D eigenvalue weighted by Crippen LogP contribution is -2.03. The second-order valence-corrected chi connectivity index (χ2v) is 6.88. The van der Waals surface area contributed by atoms with Gasteiger partial charge in [0.2, 0.25) is 0 Å². The lowest BCUT2D eigenvalue weighted by molar-refractivity contribution is 0.842. The Balaban J connectivity index is 1.99. The van der Waals surface area contributed by atoms with E-state index >= 15 is 0 Å². The Labute approximate surface area is 149 Å². The molecule has 0 N–H and O–H groups in total. The maximum atomic E-state index is 2.47. The Bertz CT molecular complexity index is 1040. The number of benzene rings is 3. The fourth-order valence-electron chi connectivity index (χ4n) is 3.83. The Morgan fingerprint density at radius 1 is 0.760 bits per heavy atom. The van der Waals surface area contributed by atoms with E-state index in [1.807, 2.05) is 0 Å². The maximum Gasteiger partial charge on any atom is 0.0526 e. The molecule has 4 rings (SSSR count). The van der Waals surface area contributed by atoms with Crippen LogP contribution in [0.25, 0.3) is 22.2 Å². The maximum absolute atomic E-state index is 2.47. The van der Waals surface area contributed by atoms with Crippen molar-refractivity contribution in [2.45, 2.75) is 27.3 Å². The van der Waals surface area contributed by atoms with Gasteiger partial charge >= 0.3 is 0 Å². The second kappa shape index (κ2) is 6.25. The van der Waals surface area contributed by atoms with E-state index in [-0.39, 0.29) is 0 Å². The third kappa shape index (κ3) is 2.76. The van der Waals surface area contributed by atoms with Gasteiger partial charge in [-0.3, -0.25) is 0 Å². The zero-order chi connectivity index (χ0) is 17.4. The van der Waals surface area contributed by atoms with E-state index in [9.17, 15) is 0 Å². The van der Waals surface area contributed by atoms with Crippen LogP contribution in [-0.4, -0.2) is 4.57 Å². The van der Waals surface area contributed by atoms with Crippen LogP contribution < -0.4 is 0 Å². The van der Waals surface area contributed by atoms with Gasteiger partial charge < -0.3 is 4.57 Å². The first-order valence-electron chi connectivity index (χ1n) is 8.84. The number of aromatic nitrogens is 1. The van der Waals surface area contributed by atoms with Crippen LogP contribution in [0.3, 0.4) is 0 Å². The molecule has 0 unspecified atom stereocenters. The van der Waals surface area contributed by atoms with Crippen LogP contribution in [0.1, 0.15) is 22.3 Å². The minimum absolute atomic E-state index is 0.887. The smallest absolute Gasteiger partial charge is 0.0526 e. The van der Waals surface area contributed by atoms with Gasteiger partial charge in [0.05, 0.1) is 5.69 Å². The fraction of sp³-hybridized carbons (Fsp3) is 0.167. The van der Waals surface area contributed by atoms with Gasteiger partial charge in [-0.1, -0.05) is 72.3 Å². The quantitative estimate of drug-likeness (QED) is 0.417. The minimum atomic E-state index is 0.887. The van der Waals surface area contributed by atoms with Crippen molar-refractivity contribution in [2.75, 3.05) is 0 Å². The van der Waals surface area contributed by atoms with Crippen LogP contribution in [0.5, 0.6) is 0 Å². The molecule has 0 aliphatic carbocycles. The highest BCUT2D eigenvalue weighted by molar-refractivity contribution is 5.92. The highest BCUT2D eigenvalue weighted by Gasteiger charge is 2.17. The Morgan fingerprint density at radius 3 is 2.24 bits per heavy atom. The molecule has 25 heavy (non-hydrogen) atoms. The molecule has 3 aromatic carbocycles. The summed E-state index contributed by atoms with van der Waals surface area (Å²) in [5.74, 6) is 0. The lowest BCUT2D eigenvalue weighted by atomic mass is 10.00. The fourth-order valence-corrected chi connectivity index (χ4v) is 3.83. The summed E-state index contributed by atoms with van der Waals surface area (Å²) in [5, 5.41) is 1.34. The topological polar surface area (TPSA) is 4.93 Å². The summed E-state index contributed by atoms with van der Waals surface area (Å²) in [6.45, 7) is 7.51. The van der Waals surface area contributed by atoms with E-state index < -0.39 is 0 Å². The summed E-state index contributed by atoms with van der Waals surface area (Å²) in [6, 6.07) is 26.2. The van der Waals surface area contributed by atoms with Crippen molar-refractivity contribution >= 4 is 10.9 Å². The molecule has 0 aliphatic heterocycles. The number of nitrogens with zero attached hydrogens (tertiary/aromatic N) is 1. The largest absolute Gasteiger partial charge is 0.336 e. The van der Waals surface area contributed by atoms with Crippen molar-refractivity contribution in [3.63, 3.8) is 0 Å². The Hall–Kier alpha value is -2.80. The molecular weight excluding hydrogens is 302 g/mol. The van der Waals surface area contributed by atoms with Crippen LogP contribution >= 0.6 is 0 Å². The molecule has 0 saturated carbocycles. The van der Waals surface area contributed by atoms with Gasteiger partial charge in [0, 0.05) is 23.0 Å². The summed E-state index contributed by atoms with van der Waals surface area (Å²) < 4.78 is 2.47. The first-order chi connectivity index (χ1) is 12.1. The Kier molecular flexibility index (Phi) is 3.93. The molecule has 0 spiro atoms. The van der Waals surface area contributed by atoms with Crippen LogP contribution in [-0.2, 0) is 6.54 Å². The third-order valence-corrected chi connectivity index (χ3v) is 5.04. The standard InChI is InChI=1S/C24H23N/c1-17-13-14-21(18(2)15-17)24-19(3)22-11-7-8-12-23(22)25(24)16-20-9-5-4-6-10-20/h4-15H,16H2,1-3H3. The van der Waals surface area contributed by atoms with Gasteiger partial charge in [0.15, 0.2) is 0 Å². The van der Waals surface area contributed by atoms with Gasteiger partial charge in [-0.25, -0.2) is 0 Å². The van der Waals surface area contributed by atoms with Crippen molar-refractivity contribution in [1.29, 1.82) is 0 Å². The van der Waals surface area contributed by atoms with Crippen LogP contribution in [0.2, 0.25) is 0 Å². The highest BCUT2D eigenvalue weighted by atomic mass is 15.0. The van der Waals surface area contributed by atoms with Crippen molar-refractivity contribution < 1.29 is 0 Å². The minimum Gasteiger partial charge on any atom is -0.336 e. The summed E-state index contributed by atoms with van der Waals surface area (Å²) in [6.07, 6.45) is 0. The van der Waals surface area contributed by atoms with Crippen molar-refractivity contribution in [2.24, 2.45) is 0 Å². The molecule has 0 bridgehead atoms. The zero-order valence-electron chi connectivity index (χ0n) is 15.1. The van der Waals surface area contributed by atoms with Gasteiger partial charge in [-0.05, 0) is 43.5 Å². The molecule has 0 aliphatic rings. The Morgan fingerprint density at radius 2 is 1.48 bits per heavy atom. The molecule has 1 heteroatoms. The number of rotatable bonds is 3. The van der Waals surface area contributed by atoms with Crippen molar-refractivity contribution in [1.82, 2.24) is 4.57 Å². The van der Waals surface area contributed by atoms with E-state index in [2.05, 4.69) is 98.1 Å². The average molecular weight is 325 g/mol. The molecule has 0 radical (unpaired) electrons.